The van der Waals surface area contributed by atoms with Crippen LogP contribution in [0.15, 0.2) is 35.3 Å². The molecular weight excluding hydrogens is 420 g/mol. The molecule has 2 fully saturated rings. The Hall–Kier alpha value is -2.19. The van der Waals surface area contributed by atoms with Crippen LogP contribution in [0.3, 0.4) is 0 Å². The van der Waals surface area contributed by atoms with Crippen LogP contribution in [0.4, 0.5) is 11.6 Å². The van der Waals surface area contributed by atoms with Gasteiger partial charge in [-0.15, -0.1) is 0 Å². The van der Waals surface area contributed by atoms with Crippen LogP contribution in [0.25, 0.3) is 11.0 Å². The van der Waals surface area contributed by atoms with E-state index in [1.807, 2.05) is 18.5 Å². The molecule has 2 aliphatic rings. The molecule has 5 rings (SSSR count). The van der Waals surface area contributed by atoms with E-state index < -0.39 is 0 Å². The van der Waals surface area contributed by atoms with Gasteiger partial charge in [0, 0.05) is 54.0 Å². The second kappa shape index (κ2) is 6.70. The summed E-state index contributed by atoms with van der Waals surface area (Å²) in [5.41, 5.74) is 1.91. The number of anilines is 2. The van der Waals surface area contributed by atoms with Crippen molar-refractivity contribution in [2.45, 2.75) is 20.0 Å². The monoisotopic (exact) mass is 442 g/mol. The highest BCUT2D eigenvalue weighted by Crippen LogP contribution is 2.45. The SMILES string of the molecule is CC12CN(c3ncc(Br)cc3CO)CC1CCN(c1ncnc3[nH]ccc13)C2. The second-order valence-corrected chi connectivity index (χ2v) is 9.09. The molecule has 0 amide bonds. The van der Waals surface area contributed by atoms with Crippen LogP contribution in [-0.2, 0) is 6.61 Å². The van der Waals surface area contributed by atoms with Gasteiger partial charge in [-0.1, -0.05) is 6.92 Å². The Morgan fingerprint density at radius 1 is 1.25 bits per heavy atom. The van der Waals surface area contributed by atoms with Gasteiger partial charge in [-0.2, -0.15) is 0 Å². The Labute approximate surface area is 171 Å². The maximum Gasteiger partial charge on any atom is 0.142 e. The normalized spacial score (nSPS) is 24.8. The van der Waals surface area contributed by atoms with Gasteiger partial charge in [0.1, 0.15) is 23.6 Å². The van der Waals surface area contributed by atoms with Crippen molar-refractivity contribution >= 4 is 38.6 Å². The highest BCUT2D eigenvalue weighted by Gasteiger charge is 2.47. The minimum atomic E-state index is -0.00180. The smallest absolute Gasteiger partial charge is 0.142 e. The number of nitrogens with zero attached hydrogens (tertiary/aromatic N) is 5. The molecule has 2 N–H and O–H groups in total. The lowest BCUT2D eigenvalue weighted by Crippen LogP contribution is -2.47. The van der Waals surface area contributed by atoms with Crippen LogP contribution in [0.1, 0.15) is 18.9 Å². The zero-order valence-electron chi connectivity index (χ0n) is 15.8. The van der Waals surface area contributed by atoms with Crippen molar-refractivity contribution in [2.75, 3.05) is 36.0 Å². The third-order valence-electron chi connectivity index (χ3n) is 6.29. The van der Waals surface area contributed by atoms with Gasteiger partial charge in [0.2, 0.25) is 0 Å². The Kier molecular flexibility index (Phi) is 4.28. The predicted molar refractivity (Wildman–Crippen MR) is 112 cm³/mol. The lowest BCUT2D eigenvalue weighted by molar-refractivity contribution is 0.216. The summed E-state index contributed by atoms with van der Waals surface area (Å²) in [4.78, 5) is 21.5. The molecule has 0 aromatic carbocycles. The van der Waals surface area contributed by atoms with Gasteiger partial charge < -0.3 is 19.9 Å². The van der Waals surface area contributed by atoms with Gasteiger partial charge >= 0.3 is 0 Å². The predicted octanol–water partition coefficient (Wildman–Crippen LogP) is 2.96. The minimum Gasteiger partial charge on any atom is -0.392 e. The molecule has 2 aliphatic heterocycles. The van der Waals surface area contributed by atoms with Gasteiger partial charge in [0.05, 0.1) is 12.0 Å². The maximum absolute atomic E-state index is 9.78. The first-order valence-corrected chi connectivity index (χ1v) is 10.4. The van der Waals surface area contributed by atoms with E-state index in [0.717, 1.165) is 65.3 Å². The third kappa shape index (κ3) is 2.86. The van der Waals surface area contributed by atoms with Crippen LogP contribution in [-0.4, -0.2) is 51.2 Å². The topological polar surface area (TPSA) is 81.2 Å². The van der Waals surface area contributed by atoms with E-state index >= 15 is 0 Å². The van der Waals surface area contributed by atoms with Crippen LogP contribution in [0, 0.1) is 11.3 Å². The first kappa shape index (κ1) is 17.9. The molecule has 7 nitrogen and oxygen atoms in total. The summed E-state index contributed by atoms with van der Waals surface area (Å²) in [6, 6.07) is 4.02. The summed E-state index contributed by atoms with van der Waals surface area (Å²) in [5, 5.41) is 10.9. The highest BCUT2D eigenvalue weighted by molar-refractivity contribution is 9.10. The van der Waals surface area contributed by atoms with E-state index in [-0.39, 0.29) is 12.0 Å². The summed E-state index contributed by atoms with van der Waals surface area (Å²) in [7, 11) is 0. The molecule has 0 aliphatic carbocycles. The lowest BCUT2D eigenvalue weighted by Gasteiger charge is -2.42. The van der Waals surface area contributed by atoms with Crippen molar-refractivity contribution < 1.29 is 5.11 Å². The lowest BCUT2D eigenvalue weighted by atomic mass is 9.75. The summed E-state index contributed by atoms with van der Waals surface area (Å²) in [6.45, 7) is 6.23. The molecule has 0 bridgehead atoms. The molecule has 2 saturated heterocycles. The number of piperidine rings is 1. The largest absolute Gasteiger partial charge is 0.392 e. The number of aliphatic hydroxyl groups is 1. The number of halogens is 1. The van der Waals surface area contributed by atoms with E-state index in [4.69, 9.17) is 0 Å². The van der Waals surface area contributed by atoms with Crippen LogP contribution < -0.4 is 9.80 Å². The van der Waals surface area contributed by atoms with E-state index in [1.165, 1.54) is 0 Å². The average Bonchev–Trinajstić information content (AvgIpc) is 3.30. The fourth-order valence-electron chi connectivity index (χ4n) is 4.89. The Balaban J connectivity index is 1.42. The average molecular weight is 443 g/mol. The van der Waals surface area contributed by atoms with E-state index in [1.54, 1.807) is 6.33 Å². The number of fused-ring (bicyclic) bond motifs is 2. The summed E-state index contributed by atoms with van der Waals surface area (Å²) in [6.07, 6.45) is 6.50. The quantitative estimate of drug-likeness (QED) is 0.648. The van der Waals surface area contributed by atoms with Gasteiger partial charge in [0.15, 0.2) is 0 Å². The number of rotatable bonds is 3. The molecule has 0 spiro atoms. The molecule has 0 saturated carbocycles. The first-order valence-electron chi connectivity index (χ1n) is 9.61. The van der Waals surface area contributed by atoms with E-state index in [0.29, 0.717) is 5.92 Å². The van der Waals surface area contributed by atoms with Crippen molar-refractivity contribution in [3.05, 3.63) is 40.9 Å². The summed E-state index contributed by atoms with van der Waals surface area (Å²) in [5.74, 6) is 2.52. The molecule has 3 aromatic heterocycles. The molecule has 2 atom stereocenters. The molecule has 146 valence electrons. The fraction of sp³-hybridized carbons (Fsp3) is 0.450. The Morgan fingerprint density at radius 2 is 2.11 bits per heavy atom. The van der Waals surface area contributed by atoms with E-state index in [2.05, 4.69) is 58.7 Å². The zero-order chi connectivity index (χ0) is 19.3. The Morgan fingerprint density at radius 3 is 2.96 bits per heavy atom. The number of aromatic amines is 1. The number of hydrogen-bond acceptors (Lipinski definition) is 6. The molecule has 8 heteroatoms. The number of nitrogens with one attached hydrogen (secondary N) is 1. The summed E-state index contributed by atoms with van der Waals surface area (Å²) < 4.78 is 0.897. The van der Waals surface area contributed by atoms with Crippen molar-refractivity contribution in [3.8, 4) is 0 Å². The van der Waals surface area contributed by atoms with Gasteiger partial charge in [-0.3, -0.25) is 0 Å². The highest BCUT2D eigenvalue weighted by atomic mass is 79.9. The van der Waals surface area contributed by atoms with E-state index in [9.17, 15) is 5.11 Å². The molecule has 28 heavy (non-hydrogen) atoms. The number of aromatic nitrogens is 4. The first-order chi connectivity index (χ1) is 13.6. The van der Waals surface area contributed by atoms with Gasteiger partial charge in [-0.25, -0.2) is 15.0 Å². The van der Waals surface area contributed by atoms with Crippen molar-refractivity contribution in [1.82, 2.24) is 19.9 Å². The van der Waals surface area contributed by atoms with Crippen molar-refractivity contribution in [2.24, 2.45) is 11.3 Å². The fourth-order valence-corrected chi connectivity index (χ4v) is 5.27. The second-order valence-electron chi connectivity index (χ2n) is 8.17. The van der Waals surface area contributed by atoms with Crippen molar-refractivity contribution in [3.63, 3.8) is 0 Å². The summed E-state index contributed by atoms with van der Waals surface area (Å²) >= 11 is 3.45. The van der Waals surface area contributed by atoms with Gasteiger partial charge in [-0.05, 0) is 40.4 Å². The van der Waals surface area contributed by atoms with Crippen LogP contribution in [0.2, 0.25) is 0 Å². The van der Waals surface area contributed by atoms with Crippen LogP contribution >= 0.6 is 15.9 Å². The number of hydrogen-bond donors (Lipinski definition) is 2. The Bertz CT molecular complexity index is 1020. The number of H-pyrrole nitrogens is 1. The maximum atomic E-state index is 9.78. The molecular formula is C20H23BrN6O. The molecule has 0 radical (unpaired) electrons. The molecule has 3 aromatic rings. The number of pyridine rings is 1. The van der Waals surface area contributed by atoms with Crippen molar-refractivity contribution in [1.29, 1.82) is 0 Å². The standard InChI is InChI=1S/C20H23BrN6O/c1-20-10-26(19-16-2-4-22-17(16)24-12-25-19)5-3-14(20)8-27(11-20)18-13(9-28)6-15(21)7-23-18/h2,4,6-7,12,14,28H,3,5,8-11H2,1H3,(H,22,24,25). The molecule has 2 unspecified atom stereocenters. The third-order valence-corrected chi connectivity index (χ3v) is 6.72. The van der Waals surface area contributed by atoms with Crippen LogP contribution in [0.5, 0.6) is 0 Å². The number of aliphatic hydroxyl groups excluding tert-OH is 1. The minimum absolute atomic E-state index is 0.00180. The van der Waals surface area contributed by atoms with Gasteiger partial charge in [0.25, 0.3) is 0 Å². The zero-order valence-corrected chi connectivity index (χ0v) is 17.4. The molecule has 5 heterocycles.